The Balaban J connectivity index is 0.00000363. The van der Waals surface area contributed by atoms with Gasteiger partial charge in [0.05, 0.1) is 19.7 Å². The van der Waals surface area contributed by atoms with Gasteiger partial charge in [0.2, 0.25) is 5.88 Å². The molecule has 0 bridgehead atoms. The molecule has 2 heterocycles. The zero-order chi connectivity index (χ0) is 21.7. The molecule has 0 aliphatic heterocycles. The molecule has 9 heteroatoms. The number of nitrogens with one attached hydrogen (secondary N) is 2. The minimum absolute atomic E-state index is 0. The van der Waals surface area contributed by atoms with Crippen molar-refractivity contribution in [3.8, 4) is 5.88 Å². The van der Waals surface area contributed by atoms with E-state index in [0.717, 1.165) is 24.6 Å². The van der Waals surface area contributed by atoms with Crippen molar-refractivity contribution in [2.75, 3.05) is 26.9 Å². The van der Waals surface area contributed by atoms with Gasteiger partial charge in [0.1, 0.15) is 6.61 Å². The van der Waals surface area contributed by atoms with Crippen molar-refractivity contribution in [1.82, 2.24) is 25.4 Å². The molecule has 3 aromatic rings. The molecule has 0 aliphatic carbocycles. The van der Waals surface area contributed by atoms with Crippen LogP contribution in [0.1, 0.15) is 23.6 Å². The Morgan fingerprint density at radius 3 is 2.59 bits per heavy atom. The van der Waals surface area contributed by atoms with Crippen molar-refractivity contribution < 1.29 is 9.47 Å². The van der Waals surface area contributed by atoms with Gasteiger partial charge in [-0.15, -0.1) is 24.0 Å². The summed E-state index contributed by atoms with van der Waals surface area (Å²) in [4.78, 5) is 9.00. The van der Waals surface area contributed by atoms with E-state index in [1.807, 2.05) is 29.1 Å². The van der Waals surface area contributed by atoms with Gasteiger partial charge >= 0.3 is 0 Å². The minimum atomic E-state index is 0. The zero-order valence-corrected chi connectivity index (χ0v) is 20.9. The minimum Gasteiger partial charge on any atom is -0.475 e. The van der Waals surface area contributed by atoms with Gasteiger partial charge in [-0.1, -0.05) is 30.3 Å². The monoisotopic (exact) mass is 550 g/mol. The predicted molar refractivity (Wildman–Crippen MR) is 136 cm³/mol. The highest BCUT2D eigenvalue weighted by molar-refractivity contribution is 14.0. The van der Waals surface area contributed by atoms with Gasteiger partial charge in [0, 0.05) is 44.9 Å². The van der Waals surface area contributed by atoms with Gasteiger partial charge in [-0.3, -0.25) is 4.68 Å². The second kappa shape index (κ2) is 14.4. The van der Waals surface area contributed by atoms with Crippen LogP contribution in [0.15, 0.2) is 66.0 Å². The Bertz CT molecular complexity index is 932. The molecule has 8 nitrogen and oxygen atoms in total. The highest BCUT2D eigenvalue weighted by atomic mass is 127. The van der Waals surface area contributed by atoms with E-state index in [2.05, 4.69) is 56.9 Å². The lowest BCUT2D eigenvalue weighted by atomic mass is 10.1. The van der Waals surface area contributed by atoms with Crippen LogP contribution in [0.3, 0.4) is 0 Å². The molecule has 0 unspecified atom stereocenters. The molecule has 0 radical (unpaired) electrons. The third kappa shape index (κ3) is 8.46. The van der Waals surface area contributed by atoms with E-state index in [1.165, 1.54) is 11.1 Å². The second-order valence-corrected chi connectivity index (χ2v) is 6.87. The number of aliphatic imine (C=N–C) groups is 1. The zero-order valence-electron chi connectivity index (χ0n) is 18.5. The highest BCUT2D eigenvalue weighted by Crippen LogP contribution is 2.11. The second-order valence-electron chi connectivity index (χ2n) is 6.87. The number of aromatic nitrogens is 3. The third-order valence-corrected chi connectivity index (χ3v) is 4.56. The van der Waals surface area contributed by atoms with Crippen molar-refractivity contribution in [2.45, 2.75) is 26.6 Å². The number of nitrogens with zero attached hydrogens (tertiary/aromatic N) is 4. The standard InChI is InChI=1S/C23H30N6O2.HI/c1-3-24-23(26-16-19-9-10-22(25-15-19)31-14-13-30-2)27-17-20-7-4-5-8-21(20)18-29-12-6-11-28-29;/h4-12,15H,3,13-14,16-18H2,1-2H3,(H2,24,26,27);1H. The molecule has 32 heavy (non-hydrogen) atoms. The Morgan fingerprint density at radius 1 is 1.06 bits per heavy atom. The number of guanidine groups is 1. The lowest BCUT2D eigenvalue weighted by Gasteiger charge is -2.14. The number of benzene rings is 1. The van der Waals surface area contributed by atoms with Gasteiger partial charge in [-0.05, 0) is 29.7 Å². The summed E-state index contributed by atoms with van der Waals surface area (Å²) in [5.74, 6) is 1.35. The summed E-state index contributed by atoms with van der Waals surface area (Å²) in [5, 5.41) is 11.0. The lowest BCUT2D eigenvalue weighted by Crippen LogP contribution is -2.37. The summed E-state index contributed by atoms with van der Waals surface area (Å²) < 4.78 is 12.4. The summed E-state index contributed by atoms with van der Waals surface area (Å²) in [6.45, 7) is 5.79. The average Bonchev–Trinajstić information content (AvgIpc) is 3.31. The van der Waals surface area contributed by atoms with E-state index in [0.29, 0.717) is 32.2 Å². The fourth-order valence-corrected chi connectivity index (χ4v) is 2.96. The molecule has 3 rings (SSSR count). The first-order valence-electron chi connectivity index (χ1n) is 10.4. The van der Waals surface area contributed by atoms with E-state index in [-0.39, 0.29) is 24.0 Å². The van der Waals surface area contributed by atoms with Crippen molar-refractivity contribution in [3.63, 3.8) is 0 Å². The normalized spacial score (nSPS) is 11.0. The first-order chi connectivity index (χ1) is 15.3. The molecule has 0 saturated heterocycles. The van der Waals surface area contributed by atoms with E-state index < -0.39 is 0 Å². The number of hydrogen-bond acceptors (Lipinski definition) is 5. The van der Waals surface area contributed by atoms with Crippen LogP contribution in [0.5, 0.6) is 5.88 Å². The fourth-order valence-electron chi connectivity index (χ4n) is 2.96. The van der Waals surface area contributed by atoms with Crippen molar-refractivity contribution in [2.24, 2.45) is 4.99 Å². The van der Waals surface area contributed by atoms with Crippen molar-refractivity contribution in [1.29, 1.82) is 0 Å². The van der Waals surface area contributed by atoms with Crippen molar-refractivity contribution in [3.05, 3.63) is 77.7 Å². The topological polar surface area (TPSA) is 85.6 Å². The third-order valence-electron chi connectivity index (χ3n) is 4.56. The molecule has 172 valence electrons. The van der Waals surface area contributed by atoms with Crippen LogP contribution in [0.4, 0.5) is 0 Å². The molecule has 0 saturated carbocycles. The summed E-state index contributed by atoms with van der Waals surface area (Å²) >= 11 is 0. The maximum atomic E-state index is 5.50. The molecule has 0 fully saturated rings. The maximum Gasteiger partial charge on any atom is 0.213 e. The molecular weight excluding hydrogens is 519 g/mol. The number of rotatable bonds is 11. The smallest absolute Gasteiger partial charge is 0.213 e. The van der Waals surface area contributed by atoms with E-state index in [1.54, 1.807) is 19.5 Å². The van der Waals surface area contributed by atoms with E-state index in [4.69, 9.17) is 9.47 Å². The van der Waals surface area contributed by atoms with E-state index >= 15 is 0 Å². The summed E-state index contributed by atoms with van der Waals surface area (Å²) in [5.41, 5.74) is 3.45. The predicted octanol–water partition coefficient (Wildman–Crippen LogP) is 3.22. The Kier molecular flexibility index (Phi) is 11.5. The number of pyridine rings is 1. The van der Waals surface area contributed by atoms with Gasteiger partial charge in [-0.25, -0.2) is 9.98 Å². The molecule has 2 aromatic heterocycles. The van der Waals surface area contributed by atoms with Crippen LogP contribution in [0, 0.1) is 0 Å². The Labute approximate surface area is 206 Å². The van der Waals surface area contributed by atoms with Crippen LogP contribution < -0.4 is 15.4 Å². The molecule has 1 aromatic carbocycles. The number of hydrogen-bond donors (Lipinski definition) is 2. The maximum absolute atomic E-state index is 5.50. The first-order valence-corrected chi connectivity index (χ1v) is 10.4. The van der Waals surface area contributed by atoms with Crippen LogP contribution in [0.2, 0.25) is 0 Å². The van der Waals surface area contributed by atoms with Gasteiger partial charge < -0.3 is 20.1 Å². The summed E-state index contributed by atoms with van der Waals surface area (Å²) in [6.07, 6.45) is 5.55. The van der Waals surface area contributed by atoms with Crippen LogP contribution >= 0.6 is 24.0 Å². The van der Waals surface area contributed by atoms with Gasteiger partial charge in [-0.2, -0.15) is 5.10 Å². The Morgan fingerprint density at radius 2 is 1.91 bits per heavy atom. The quantitative estimate of drug-likeness (QED) is 0.165. The molecular formula is C23H31IN6O2. The van der Waals surface area contributed by atoms with Gasteiger partial charge in [0.25, 0.3) is 0 Å². The molecule has 0 atom stereocenters. The largest absolute Gasteiger partial charge is 0.475 e. The SMILES string of the molecule is CCNC(=NCc1ccc(OCCOC)nc1)NCc1ccccc1Cn1cccn1.I. The van der Waals surface area contributed by atoms with Crippen LogP contribution in [0.25, 0.3) is 0 Å². The highest BCUT2D eigenvalue weighted by Gasteiger charge is 2.05. The molecule has 0 spiro atoms. The fraction of sp³-hybridized carbons (Fsp3) is 0.348. The summed E-state index contributed by atoms with van der Waals surface area (Å²) in [6, 6.07) is 14.1. The van der Waals surface area contributed by atoms with E-state index in [9.17, 15) is 0 Å². The van der Waals surface area contributed by atoms with Gasteiger partial charge in [0.15, 0.2) is 5.96 Å². The molecule has 0 amide bonds. The van der Waals surface area contributed by atoms with Crippen LogP contribution in [-0.2, 0) is 24.4 Å². The molecule has 0 aliphatic rings. The van der Waals surface area contributed by atoms with Crippen molar-refractivity contribution >= 4 is 29.9 Å². The number of methoxy groups -OCH3 is 1. The van der Waals surface area contributed by atoms with Crippen LogP contribution in [-0.4, -0.2) is 47.6 Å². The number of halogens is 1. The molecule has 2 N–H and O–H groups in total. The first kappa shape index (κ1) is 25.6. The lowest BCUT2D eigenvalue weighted by molar-refractivity contribution is 0.143. The average molecular weight is 550 g/mol. The Hall–Kier alpha value is -2.66. The number of ether oxygens (including phenoxy) is 2. The summed E-state index contributed by atoms with van der Waals surface area (Å²) in [7, 11) is 1.64.